The molecule has 0 saturated carbocycles. The van der Waals surface area contributed by atoms with Crippen molar-refractivity contribution in [2.24, 2.45) is 0 Å². The number of aromatic nitrogens is 1. The topological polar surface area (TPSA) is 57.0 Å². The molecule has 2 aromatic heterocycles. The van der Waals surface area contributed by atoms with Crippen LogP contribution in [0.4, 0.5) is 0 Å². The third kappa shape index (κ3) is 1.94. The van der Waals surface area contributed by atoms with Crippen LogP contribution in [0.1, 0.15) is 20.8 Å². The highest BCUT2D eigenvalue weighted by Gasteiger charge is 2.24. The third-order valence-corrected chi connectivity index (χ3v) is 3.46. The maximum atomic E-state index is 12.0. The van der Waals surface area contributed by atoms with E-state index in [1.165, 1.54) is 14.2 Å². The first-order valence-electron chi connectivity index (χ1n) is 6.37. The van der Waals surface area contributed by atoms with E-state index in [0.29, 0.717) is 0 Å². The second kappa shape index (κ2) is 4.94. The number of hydrogen-bond donors (Lipinski definition) is 0. The van der Waals surface area contributed by atoms with Crippen LogP contribution in [0, 0.1) is 0 Å². The number of pyridine rings is 1. The maximum Gasteiger partial charge on any atom is 0.355 e. The summed E-state index contributed by atoms with van der Waals surface area (Å²) in [7, 11) is 2.56. The monoisotopic (exact) mass is 283 g/mol. The van der Waals surface area contributed by atoms with Gasteiger partial charge in [-0.1, -0.05) is 24.3 Å². The number of nitrogens with zero attached hydrogens (tertiary/aromatic N) is 1. The zero-order valence-corrected chi connectivity index (χ0v) is 11.6. The molecular weight excluding hydrogens is 270 g/mol. The number of methoxy groups -OCH3 is 2. The Morgan fingerprint density at radius 3 is 2.43 bits per heavy atom. The summed E-state index contributed by atoms with van der Waals surface area (Å²) in [6.07, 6.45) is 1.75. The first-order valence-corrected chi connectivity index (χ1v) is 6.37. The van der Waals surface area contributed by atoms with Gasteiger partial charge in [0.2, 0.25) is 0 Å². The second-order valence-electron chi connectivity index (χ2n) is 4.55. The van der Waals surface area contributed by atoms with Crippen LogP contribution in [0.15, 0.2) is 42.6 Å². The third-order valence-electron chi connectivity index (χ3n) is 3.46. The highest BCUT2D eigenvalue weighted by Crippen LogP contribution is 2.26. The molecule has 0 radical (unpaired) electrons. The summed E-state index contributed by atoms with van der Waals surface area (Å²) in [6, 6.07) is 11.3. The lowest BCUT2D eigenvalue weighted by molar-refractivity contribution is 0.0550. The molecule has 0 unspecified atom stereocenters. The molecule has 5 nitrogen and oxygen atoms in total. The van der Waals surface area contributed by atoms with Crippen molar-refractivity contribution in [1.29, 1.82) is 0 Å². The molecule has 21 heavy (non-hydrogen) atoms. The lowest BCUT2D eigenvalue weighted by Crippen LogP contribution is -2.12. The van der Waals surface area contributed by atoms with Gasteiger partial charge in [0.25, 0.3) is 0 Å². The Morgan fingerprint density at radius 1 is 1.00 bits per heavy atom. The summed E-state index contributed by atoms with van der Waals surface area (Å²) in [5.74, 6) is -1.14. The van der Waals surface area contributed by atoms with Crippen molar-refractivity contribution in [3.8, 4) is 0 Å². The molecule has 5 heteroatoms. The van der Waals surface area contributed by atoms with E-state index < -0.39 is 11.9 Å². The van der Waals surface area contributed by atoms with Gasteiger partial charge in [0.1, 0.15) is 5.69 Å². The summed E-state index contributed by atoms with van der Waals surface area (Å²) >= 11 is 0. The SMILES string of the molecule is COC(=O)c1cc2c3ccccc3ccn2c1C(=O)OC. The quantitative estimate of drug-likeness (QED) is 0.678. The van der Waals surface area contributed by atoms with Gasteiger partial charge in [-0.05, 0) is 17.5 Å². The average Bonchev–Trinajstić information content (AvgIpc) is 2.93. The first-order chi connectivity index (χ1) is 10.2. The van der Waals surface area contributed by atoms with Crippen molar-refractivity contribution in [1.82, 2.24) is 4.40 Å². The number of fused-ring (bicyclic) bond motifs is 3. The molecule has 3 aromatic rings. The minimum Gasteiger partial charge on any atom is -0.465 e. The molecule has 106 valence electrons. The highest BCUT2D eigenvalue weighted by molar-refractivity contribution is 6.07. The number of esters is 2. The van der Waals surface area contributed by atoms with Crippen LogP contribution in [0.2, 0.25) is 0 Å². The van der Waals surface area contributed by atoms with Crippen molar-refractivity contribution in [2.45, 2.75) is 0 Å². The molecule has 3 rings (SSSR count). The largest absolute Gasteiger partial charge is 0.465 e. The molecule has 0 amide bonds. The van der Waals surface area contributed by atoms with Crippen LogP contribution in [0.5, 0.6) is 0 Å². The van der Waals surface area contributed by atoms with E-state index in [4.69, 9.17) is 9.47 Å². The van der Waals surface area contributed by atoms with E-state index in [9.17, 15) is 9.59 Å². The fourth-order valence-corrected chi connectivity index (χ4v) is 2.49. The van der Waals surface area contributed by atoms with Gasteiger partial charge in [0.15, 0.2) is 0 Å². The Bertz CT molecular complexity index is 863. The van der Waals surface area contributed by atoms with Gasteiger partial charge in [0, 0.05) is 11.6 Å². The van der Waals surface area contributed by atoms with Gasteiger partial charge >= 0.3 is 11.9 Å². The molecule has 0 bridgehead atoms. The van der Waals surface area contributed by atoms with Gasteiger partial charge in [-0.3, -0.25) is 0 Å². The molecular formula is C16H13NO4. The summed E-state index contributed by atoms with van der Waals surface area (Å²) < 4.78 is 11.2. The smallest absolute Gasteiger partial charge is 0.355 e. The van der Waals surface area contributed by atoms with Crippen LogP contribution in [-0.4, -0.2) is 30.6 Å². The summed E-state index contributed by atoms with van der Waals surface area (Å²) in [5, 5.41) is 1.97. The minimum atomic E-state index is -0.578. The van der Waals surface area contributed by atoms with Gasteiger partial charge in [0.05, 0.1) is 25.3 Å². The number of ether oxygens (including phenoxy) is 2. The molecule has 0 N–H and O–H groups in total. The van der Waals surface area contributed by atoms with Gasteiger partial charge in [-0.25, -0.2) is 9.59 Å². The number of hydrogen-bond acceptors (Lipinski definition) is 4. The van der Waals surface area contributed by atoms with E-state index >= 15 is 0 Å². The fraction of sp³-hybridized carbons (Fsp3) is 0.125. The normalized spacial score (nSPS) is 10.8. The van der Waals surface area contributed by atoms with Crippen LogP contribution in [0.25, 0.3) is 16.3 Å². The molecule has 2 heterocycles. The summed E-state index contributed by atoms with van der Waals surface area (Å²) in [4.78, 5) is 23.9. The molecule has 0 aliphatic heterocycles. The van der Waals surface area contributed by atoms with Gasteiger partial charge in [-0.2, -0.15) is 0 Å². The zero-order valence-electron chi connectivity index (χ0n) is 11.6. The summed E-state index contributed by atoms with van der Waals surface area (Å²) in [6.45, 7) is 0. The average molecular weight is 283 g/mol. The first kappa shape index (κ1) is 13.2. The Kier molecular flexibility index (Phi) is 3.10. The lowest BCUT2D eigenvalue weighted by Gasteiger charge is -2.05. The fourth-order valence-electron chi connectivity index (χ4n) is 2.49. The standard InChI is InChI=1S/C16H13NO4/c1-20-15(18)12-9-13-11-6-4-3-5-10(11)7-8-17(13)14(12)16(19)21-2/h3-9H,1-2H3. The number of rotatable bonds is 2. The predicted molar refractivity (Wildman–Crippen MR) is 77.6 cm³/mol. The molecule has 0 saturated heterocycles. The maximum absolute atomic E-state index is 12.0. The minimum absolute atomic E-state index is 0.171. The van der Waals surface area contributed by atoms with Crippen molar-refractivity contribution in [3.05, 3.63) is 53.9 Å². The Morgan fingerprint density at radius 2 is 1.71 bits per heavy atom. The van der Waals surface area contributed by atoms with Crippen molar-refractivity contribution in [3.63, 3.8) is 0 Å². The van der Waals surface area contributed by atoms with E-state index in [1.54, 1.807) is 16.7 Å². The van der Waals surface area contributed by atoms with Crippen LogP contribution in [-0.2, 0) is 9.47 Å². The Hall–Kier alpha value is -2.82. The molecule has 0 spiro atoms. The van der Waals surface area contributed by atoms with E-state index in [1.807, 2.05) is 30.3 Å². The zero-order chi connectivity index (χ0) is 15.0. The molecule has 1 aromatic carbocycles. The predicted octanol–water partition coefficient (Wildman–Crippen LogP) is 2.67. The molecule has 0 atom stereocenters. The molecule has 0 aliphatic rings. The number of benzene rings is 1. The van der Waals surface area contributed by atoms with E-state index in [0.717, 1.165) is 16.3 Å². The highest BCUT2D eigenvalue weighted by atomic mass is 16.5. The Labute approximate surface area is 120 Å². The van der Waals surface area contributed by atoms with Crippen molar-refractivity contribution in [2.75, 3.05) is 14.2 Å². The van der Waals surface area contributed by atoms with Gasteiger partial charge < -0.3 is 13.9 Å². The Balaban J connectivity index is 2.43. The molecule has 0 fully saturated rings. The van der Waals surface area contributed by atoms with Crippen LogP contribution < -0.4 is 0 Å². The summed E-state index contributed by atoms with van der Waals surface area (Å²) in [5.41, 5.74) is 1.12. The van der Waals surface area contributed by atoms with Crippen LogP contribution in [0.3, 0.4) is 0 Å². The molecule has 0 aliphatic carbocycles. The van der Waals surface area contributed by atoms with E-state index in [2.05, 4.69) is 0 Å². The number of carbonyl (C=O) groups is 2. The van der Waals surface area contributed by atoms with Gasteiger partial charge in [-0.15, -0.1) is 0 Å². The lowest BCUT2D eigenvalue weighted by atomic mass is 10.1. The second-order valence-corrected chi connectivity index (χ2v) is 4.55. The van der Waals surface area contributed by atoms with E-state index in [-0.39, 0.29) is 11.3 Å². The van der Waals surface area contributed by atoms with Crippen LogP contribution >= 0.6 is 0 Å². The van der Waals surface area contributed by atoms with Crippen molar-refractivity contribution >= 4 is 28.2 Å². The van der Waals surface area contributed by atoms with Crippen molar-refractivity contribution < 1.29 is 19.1 Å². The number of carbonyl (C=O) groups excluding carboxylic acids is 2.